The molecule has 0 aromatic carbocycles. The van der Waals surface area contributed by atoms with Gasteiger partial charge in [0.15, 0.2) is 47.1 Å². The zero-order valence-electron chi connectivity index (χ0n) is 38.1. The molecular formula is C43H55Br3N6O6S6. The minimum atomic E-state index is -0.348. The van der Waals surface area contributed by atoms with Gasteiger partial charge in [0.2, 0.25) is 0 Å². The molecule has 6 aromatic heterocycles. The Balaban J connectivity index is 0.000000250. The molecule has 0 amide bonds. The van der Waals surface area contributed by atoms with E-state index in [0.717, 1.165) is 72.6 Å². The maximum atomic E-state index is 12.2. The number of rotatable bonds is 15. The highest BCUT2D eigenvalue weighted by molar-refractivity contribution is 9.93. The molecule has 21 heteroatoms. The number of ether oxygens (including phenoxy) is 3. The van der Waals surface area contributed by atoms with Crippen LogP contribution in [-0.2, 0) is 33.5 Å². The van der Waals surface area contributed by atoms with Crippen LogP contribution in [0.15, 0.2) is 27.8 Å². The van der Waals surface area contributed by atoms with E-state index in [2.05, 4.69) is 116 Å². The van der Waals surface area contributed by atoms with Crippen molar-refractivity contribution < 1.29 is 28.6 Å². The van der Waals surface area contributed by atoms with Gasteiger partial charge in [0, 0.05) is 65.5 Å². The van der Waals surface area contributed by atoms with E-state index < -0.39 is 0 Å². The van der Waals surface area contributed by atoms with E-state index in [9.17, 15) is 14.4 Å². The zero-order chi connectivity index (χ0) is 47.8. The lowest BCUT2D eigenvalue weighted by Crippen LogP contribution is -2.14. The summed E-state index contributed by atoms with van der Waals surface area (Å²) in [6, 6.07) is 0. The standard InChI is InChI=1S/C15H20N2O2S2.C14H17BrN2O2S2.C14H18N2O2S2.Br2/c1-8(2)6-11-12(15(18)19-9(3)4)17-14(21-11)13-16-7-10(5)20-13;1-7(2)5-9-11(14(18)19-8(3)4)17-13(20-9)12-16-6-10(15)21-12;1-8(2)7-10-11(14(17)18-9(3)4)16-13(20-10)12-15-5-6-19-12;1-2/h7-9H,6H2,1-5H3;6-8H,5H2,1-4H3;5-6,8-9H,7H2,1-4H3;. The highest BCUT2D eigenvalue weighted by atomic mass is 80.9. The quantitative estimate of drug-likeness (QED) is 0.0709. The highest BCUT2D eigenvalue weighted by Gasteiger charge is 2.25. The van der Waals surface area contributed by atoms with Gasteiger partial charge in [-0.1, -0.05) is 41.5 Å². The van der Waals surface area contributed by atoms with Crippen molar-refractivity contribution in [1.82, 2.24) is 29.9 Å². The number of carbonyl (C=O) groups excluding carboxylic acids is 3. The lowest BCUT2D eigenvalue weighted by molar-refractivity contribution is 0.0360. The first-order valence-electron chi connectivity index (χ1n) is 20.4. The van der Waals surface area contributed by atoms with Crippen LogP contribution in [0.5, 0.6) is 0 Å². The third kappa shape index (κ3) is 18.0. The molecule has 0 atom stereocenters. The van der Waals surface area contributed by atoms with Gasteiger partial charge in [-0.25, -0.2) is 44.3 Å². The first-order valence-corrected chi connectivity index (χ1v) is 29.9. The summed E-state index contributed by atoms with van der Waals surface area (Å²) in [7, 11) is 0. The molecule has 0 aliphatic rings. The van der Waals surface area contributed by atoms with Crippen molar-refractivity contribution in [3.05, 3.63) is 64.3 Å². The molecule has 0 saturated heterocycles. The predicted octanol–water partition coefficient (Wildman–Crippen LogP) is 14.9. The van der Waals surface area contributed by atoms with Gasteiger partial charge in [0.05, 0.1) is 28.3 Å². The Morgan fingerprint density at radius 1 is 0.516 bits per heavy atom. The fourth-order valence-electron chi connectivity index (χ4n) is 5.28. The number of thiazole rings is 6. The number of carbonyl (C=O) groups is 3. The fraction of sp³-hybridized carbons (Fsp3) is 0.512. The monoisotopic (exact) mass is 1180 g/mol. The first kappa shape index (κ1) is 56.0. The predicted molar refractivity (Wildman–Crippen MR) is 277 cm³/mol. The van der Waals surface area contributed by atoms with Crippen LogP contribution in [0.4, 0.5) is 0 Å². The van der Waals surface area contributed by atoms with Gasteiger partial charge in [-0.15, -0.1) is 68.0 Å². The summed E-state index contributed by atoms with van der Waals surface area (Å²) in [6.07, 6.45) is 7.35. The normalized spacial score (nSPS) is 11.1. The molecule has 6 heterocycles. The Hall–Kier alpha value is -2.37. The third-order valence-electron chi connectivity index (χ3n) is 7.56. The summed E-state index contributed by atoms with van der Waals surface area (Å²) in [4.78, 5) is 67.0. The smallest absolute Gasteiger partial charge is 0.358 e. The number of halogens is 3. The lowest BCUT2D eigenvalue weighted by Gasteiger charge is -2.08. The Bertz CT molecular complexity index is 2260. The second kappa shape index (κ2) is 27.4. The topological polar surface area (TPSA) is 156 Å². The summed E-state index contributed by atoms with van der Waals surface area (Å²) >= 11 is 18.1. The van der Waals surface area contributed by atoms with Crippen molar-refractivity contribution >= 4 is 130 Å². The Morgan fingerprint density at radius 3 is 1.16 bits per heavy atom. The fourth-order valence-corrected chi connectivity index (χ4v) is 11.8. The molecule has 0 aliphatic heterocycles. The van der Waals surface area contributed by atoms with Crippen LogP contribution in [0.1, 0.15) is 134 Å². The molecule has 0 saturated carbocycles. The van der Waals surface area contributed by atoms with E-state index in [4.69, 9.17) is 14.2 Å². The van der Waals surface area contributed by atoms with Crippen molar-refractivity contribution in [2.24, 2.45) is 17.8 Å². The Morgan fingerprint density at radius 2 is 0.875 bits per heavy atom. The van der Waals surface area contributed by atoms with Crippen LogP contribution in [0, 0.1) is 24.7 Å². The van der Waals surface area contributed by atoms with E-state index >= 15 is 0 Å². The van der Waals surface area contributed by atoms with Gasteiger partial charge in [-0.3, -0.25) is 0 Å². The number of aryl methyl sites for hydroxylation is 1. The third-order valence-corrected chi connectivity index (χ3v) is 14.4. The number of nitrogens with zero attached hydrogens (tertiary/aromatic N) is 6. The largest absolute Gasteiger partial charge is 0.458 e. The van der Waals surface area contributed by atoms with Crippen LogP contribution in [-0.4, -0.2) is 66.1 Å². The zero-order valence-corrected chi connectivity index (χ0v) is 47.8. The maximum absolute atomic E-state index is 12.2. The molecule has 0 unspecified atom stereocenters. The average Bonchev–Trinajstić information content (AvgIpc) is 4.04. The number of esters is 3. The molecule has 0 fully saturated rings. The molecule has 64 heavy (non-hydrogen) atoms. The van der Waals surface area contributed by atoms with E-state index in [-0.39, 0.29) is 36.2 Å². The van der Waals surface area contributed by atoms with Crippen LogP contribution < -0.4 is 0 Å². The molecule has 6 rings (SSSR count). The summed E-state index contributed by atoms with van der Waals surface area (Å²) in [6.45, 7) is 25.8. The van der Waals surface area contributed by atoms with Crippen LogP contribution in [0.2, 0.25) is 0 Å². The van der Waals surface area contributed by atoms with Crippen molar-refractivity contribution in [1.29, 1.82) is 0 Å². The van der Waals surface area contributed by atoms with Crippen molar-refractivity contribution in [2.45, 2.75) is 128 Å². The van der Waals surface area contributed by atoms with Crippen LogP contribution in [0.25, 0.3) is 30.0 Å². The molecule has 0 bridgehead atoms. The van der Waals surface area contributed by atoms with E-state index in [1.807, 2.05) is 60.0 Å². The van der Waals surface area contributed by atoms with Gasteiger partial charge >= 0.3 is 17.9 Å². The maximum Gasteiger partial charge on any atom is 0.358 e. The molecular weight excluding hydrogens is 1130 g/mol. The highest BCUT2D eigenvalue weighted by Crippen LogP contribution is 2.36. The average molecular weight is 1180 g/mol. The van der Waals surface area contributed by atoms with Crippen molar-refractivity contribution in [2.75, 3.05) is 0 Å². The summed E-state index contributed by atoms with van der Waals surface area (Å²) in [5.41, 5.74) is 1.33. The van der Waals surface area contributed by atoms with Crippen LogP contribution in [0.3, 0.4) is 0 Å². The number of aromatic nitrogens is 6. The Labute approximate surface area is 424 Å². The summed E-state index contributed by atoms with van der Waals surface area (Å²) < 4.78 is 16.8. The number of hydrogen-bond acceptors (Lipinski definition) is 18. The SMILES string of the molecule is BrBr.CC(C)Cc1sc(-c2ncc(Br)s2)nc1C(=O)OC(C)C.CC(C)Cc1sc(-c2nccs2)nc1C(=O)OC(C)C.Cc1cnc(-c2nc(C(=O)OC(C)C)c(CC(C)C)s2)s1. The van der Waals surface area contributed by atoms with Gasteiger partial charge in [-0.05, 0) is 101 Å². The van der Waals surface area contributed by atoms with Gasteiger partial charge in [-0.2, -0.15) is 0 Å². The molecule has 0 spiro atoms. The Kier molecular flexibility index (Phi) is 24.0. The van der Waals surface area contributed by atoms with Gasteiger partial charge in [0.25, 0.3) is 0 Å². The van der Waals surface area contributed by atoms with E-state index in [1.54, 1.807) is 35.1 Å². The minimum Gasteiger partial charge on any atom is -0.458 e. The minimum absolute atomic E-state index is 0.139. The molecule has 6 aromatic rings. The van der Waals surface area contributed by atoms with Crippen molar-refractivity contribution in [3.8, 4) is 30.0 Å². The molecule has 0 aliphatic carbocycles. The van der Waals surface area contributed by atoms with Gasteiger partial charge < -0.3 is 14.2 Å². The molecule has 0 N–H and O–H groups in total. The van der Waals surface area contributed by atoms with Crippen molar-refractivity contribution in [3.63, 3.8) is 0 Å². The molecule has 350 valence electrons. The van der Waals surface area contributed by atoms with E-state index in [0.29, 0.717) is 34.8 Å². The van der Waals surface area contributed by atoms with Crippen LogP contribution >= 0.6 is 112 Å². The first-order chi connectivity index (χ1) is 30.2. The summed E-state index contributed by atoms with van der Waals surface area (Å²) in [5, 5.41) is 6.82. The lowest BCUT2D eigenvalue weighted by atomic mass is 10.1. The second-order valence-electron chi connectivity index (χ2n) is 16.1. The molecule has 12 nitrogen and oxygen atoms in total. The van der Waals surface area contributed by atoms with Gasteiger partial charge in [0.1, 0.15) is 0 Å². The molecule has 0 radical (unpaired) electrons. The van der Waals surface area contributed by atoms with E-state index in [1.165, 1.54) is 45.3 Å². The second-order valence-corrected chi connectivity index (χ2v) is 23.9. The number of hydrogen-bond donors (Lipinski definition) is 0. The summed E-state index contributed by atoms with van der Waals surface area (Å²) in [5.74, 6) is 0.351.